The predicted molar refractivity (Wildman–Crippen MR) is 135 cm³/mol. The molecule has 0 amide bonds. The van der Waals surface area contributed by atoms with Crippen molar-refractivity contribution in [1.82, 2.24) is 9.55 Å². The maximum Gasteiger partial charge on any atom is 0.261 e. The van der Waals surface area contributed by atoms with Gasteiger partial charge in [0.1, 0.15) is 23.9 Å². The van der Waals surface area contributed by atoms with Crippen molar-refractivity contribution in [1.29, 1.82) is 0 Å². The number of nitrogens with zero attached hydrogens (tertiary/aromatic N) is 2. The Morgan fingerprint density at radius 3 is 2.26 bits per heavy atom. The minimum Gasteiger partial charge on any atom is -0.497 e. The lowest BCUT2D eigenvalue weighted by molar-refractivity contribution is 0.0940. The van der Waals surface area contributed by atoms with Crippen molar-refractivity contribution >= 4 is 10.9 Å². The molecule has 0 aliphatic heterocycles. The summed E-state index contributed by atoms with van der Waals surface area (Å²) in [7, 11) is 1.63. The molecule has 0 atom stereocenters. The van der Waals surface area contributed by atoms with Crippen molar-refractivity contribution in [3.63, 3.8) is 0 Å². The van der Waals surface area contributed by atoms with Gasteiger partial charge in [-0.2, -0.15) is 0 Å². The summed E-state index contributed by atoms with van der Waals surface area (Å²) >= 11 is 0. The van der Waals surface area contributed by atoms with E-state index >= 15 is 0 Å². The van der Waals surface area contributed by atoms with Crippen LogP contribution in [0, 0.1) is 0 Å². The Bertz CT molecular complexity index is 1280. The Hall–Kier alpha value is -3.64. The molecule has 34 heavy (non-hydrogen) atoms. The molecular formula is C28H30N2O4. The van der Waals surface area contributed by atoms with E-state index in [1.54, 1.807) is 17.7 Å². The first-order chi connectivity index (χ1) is 16.6. The second kappa shape index (κ2) is 11.0. The summed E-state index contributed by atoms with van der Waals surface area (Å²) in [5.41, 5.74) is 2.72. The third-order valence-corrected chi connectivity index (χ3v) is 5.71. The van der Waals surface area contributed by atoms with Gasteiger partial charge in [-0.25, -0.2) is 4.98 Å². The van der Waals surface area contributed by atoms with Gasteiger partial charge in [0.05, 0.1) is 37.8 Å². The lowest BCUT2D eigenvalue weighted by Gasteiger charge is -2.14. The Kier molecular flexibility index (Phi) is 7.60. The molecule has 4 aromatic rings. The summed E-state index contributed by atoms with van der Waals surface area (Å²) < 4.78 is 18.5. The van der Waals surface area contributed by atoms with Crippen LogP contribution in [0.2, 0.25) is 0 Å². The van der Waals surface area contributed by atoms with E-state index < -0.39 is 0 Å². The van der Waals surface area contributed by atoms with Crippen molar-refractivity contribution in [3.8, 4) is 22.9 Å². The smallest absolute Gasteiger partial charge is 0.261 e. The molecule has 1 heterocycles. The van der Waals surface area contributed by atoms with Crippen LogP contribution in [-0.4, -0.2) is 36.5 Å². The number of hydrogen-bond donors (Lipinski definition) is 0. The molecule has 0 saturated carbocycles. The molecule has 0 unspecified atom stereocenters. The van der Waals surface area contributed by atoms with Crippen LogP contribution in [-0.2, 0) is 11.3 Å². The molecule has 0 spiro atoms. The molecule has 0 N–H and O–H groups in total. The van der Waals surface area contributed by atoms with E-state index in [2.05, 4.69) is 26.0 Å². The van der Waals surface area contributed by atoms with Gasteiger partial charge in [0, 0.05) is 5.56 Å². The van der Waals surface area contributed by atoms with Crippen LogP contribution in [0.5, 0.6) is 11.5 Å². The van der Waals surface area contributed by atoms with E-state index in [1.807, 2.05) is 54.6 Å². The van der Waals surface area contributed by atoms with Gasteiger partial charge in [-0.15, -0.1) is 0 Å². The molecule has 0 bridgehead atoms. The number of para-hydroxylation sites is 1. The fraction of sp³-hybridized carbons (Fsp3) is 0.286. The molecule has 1 aromatic heterocycles. The lowest BCUT2D eigenvalue weighted by Crippen LogP contribution is -2.26. The number of rotatable bonds is 10. The first-order valence-corrected chi connectivity index (χ1v) is 11.5. The van der Waals surface area contributed by atoms with Crippen molar-refractivity contribution < 1.29 is 14.2 Å². The normalized spacial score (nSPS) is 11.2. The first kappa shape index (κ1) is 23.5. The second-order valence-electron chi connectivity index (χ2n) is 8.32. The Morgan fingerprint density at radius 1 is 0.853 bits per heavy atom. The molecule has 176 valence electrons. The summed E-state index contributed by atoms with van der Waals surface area (Å²) in [6.07, 6.45) is 0. The lowest BCUT2D eigenvalue weighted by atomic mass is 10.0. The molecule has 4 rings (SSSR count). The second-order valence-corrected chi connectivity index (χ2v) is 8.32. The van der Waals surface area contributed by atoms with Gasteiger partial charge in [0.2, 0.25) is 0 Å². The van der Waals surface area contributed by atoms with Crippen LogP contribution < -0.4 is 15.0 Å². The van der Waals surface area contributed by atoms with Gasteiger partial charge in [-0.3, -0.25) is 9.36 Å². The van der Waals surface area contributed by atoms with Gasteiger partial charge in [-0.05, 0) is 60.0 Å². The minimum atomic E-state index is -0.0819. The quantitative estimate of drug-likeness (QED) is 0.302. The predicted octanol–water partition coefficient (Wildman–Crippen LogP) is 5.29. The largest absolute Gasteiger partial charge is 0.497 e. The first-order valence-electron chi connectivity index (χ1n) is 11.5. The Balaban J connectivity index is 1.42. The molecule has 6 heteroatoms. The maximum absolute atomic E-state index is 13.2. The highest BCUT2D eigenvalue weighted by Crippen LogP contribution is 2.22. The van der Waals surface area contributed by atoms with Crippen LogP contribution in [0.4, 0.5) is 0 Å². The Labute approximate surface area is 199 Å². The van der Waals surface area contributed by atoms with Crippen molar-refractivity contribution in [2.45, 2.75) is 26.3 Å². The van der Waals surface area contributed by atoms with Gasteiger partial charge in [0.15, 0.2) is 0 Å². The van der Waals surface area contributed by atoms with Crippen LogP contribution in [0.1, 0.15) is 25.3 Å². The van der Waals surface area contributed by atoms with Gasteiger partial charge in [-0.1, -0.05) is 38.1 Å². The van der Waals surface area contributed by atoms with E-state index in [9.17, 15) is 4.79 Å². The van der Waals surface area contributed by atoms with E-state index in [0.717, 1.165) is 17.1 Å². The van der Waals surface area contributed by atoms with E-state index in [1.165, 1.54) is 5.56 Å². The van der Waals surface area contributed by atoms with Crippen LogP contribution in [0.3, 0.4) is 0 Å². The van der Waals surface area contributed by atoms with Crippen LogP contribution in [0.15, 0.2) is 77.6 Å². The fourth-order valence-electron chi connectivity index (χ4n) is 3.76. The summed E-state index contributed by atoms with van der Waals surface area (Å²) in [6.45, 7) is 5.97. The topological polar surface area (TPSA) is 62.6 Å². The highest BCUT2D eigenvalue weighted by atomic mass is 16.5. The molecule has 0 radical (unpaired) electrons. The summed E-state index contributed by atoms with van der Waals surface area (Å²) in [5, 5.41) is 0.591. The number of hydrogen-bond acceptors (Lipinski definition) is 5. The molecular weight excluding hydrogens is 428 g/mol. The average Bonchev–Trinajstić information content (AvgIpc) is 2.87. The molecule has 0 aliphatic rings. The van der Waals surface area contributed by atoms with E-state index in [-0.39, 0.29) is 5.56 Å². The summed E-state index contributed by atoms with van der Waals surface area (Å²) in [6, 6.07) is 23.1. The van der Waals surface area contributed by atoms with Crippen molar-refractivity contribution in [2.75, 3.05) is 26.9 Å². The minimum absolute atomic E-state index is 0.0819. The molecule has 0 aliphatic carbocycles. The fourth-order valence-corrected chi connectivity index (χ4v) is 3.76. The van der Waals surface area contributed by atoms with Gasteiger partial charge in [0.25, 0.3) is 5.56 Å². The van der Waals surface area contributed by atoms with E-state index in [0.29, 0.717) is 49.0 Å². The molecule has 6 nitrogen and oxygen atoms in total. The van der Waals surface area contributed by atoms with Crippen LogP contribution >= 0.6 is 0 Å². The van der Waals surface area contributed by atoms with Crippen molar-refractivity contribution in [3.05, 3.63) is 88.7 Å². The molecule has 0 saturated heterocycles. The SMILES string of the molecule is COc1ccc(-c2nc3ccccc3c(=O)n2CCOCCOc2ccc(C(C)C)cc2)cc1. The van der Waals surface area contributed by atoms with Crippen molar-refractivity contribution in [2.24, 2.45) is 0 Å². The Morgan fingerprint density at radius 2 is 1.56 bits per heavy atom. The zero-order valence-corrected chi connectivity index (χ0v) is 19.9. The molecule has 3 aromatic carbocycles. The summed E-state index contributed by atoms with van der Waals surface area (Å²) in [4.78, 5) is 18.0. The number of ether oxygens (including phenoxy) is 3. The van der Waals surface area contributed by atoms with E-state index in [4.69, 9.17) is 19.2 Å². The monoisotopic (exact) mass is 458 g/mol. The number of fused-ring (bicyclic) bond motifs is 1. The molecule has 0 fully saturated rings. The van der Waals surface area contributed by atoms with Crippen LogP contribution in [0.25, 0.3) is 22.3 Å². The zero-order valence-electron chi connectivity index (χ0n) is 19.9. The zero-order chi connectivity index (χ0) is 23.9. The summed E-state index contributed by atoms with van der Waals surface area (Å²) in [5.74, 6) is 2.68. The number of methoxy groups -OCH3 is 1. The number of aromatic nitrogens is 2. The van der Waals surface area contributed by atoms with Gasteiger partial charge >= 0.3 is 0 Å². The highest BCUT2D eigenvalue weighted by Gasteiger charge is 2.13. The standard InChI is InChI=1S/C28H30N2O4/c1-20(2)21-8-14-24(15-9-21)34-19-18-33-17-16-30-27(22-10-12-23(32-3)13-11-22)29-26-7-5-4-6-25(26)28(30)31/h4-15,20H,16-19H2,1-3H3. The maximum atomic E-state index is 13.2. The number of benzene rings is 3. The third-order valence-electron chi connectivity index (χ3n) is 5.71. The van der Waals surface area contributed by atoms with Gasteiger partial charge < -0.3 is 14.2 Å². The third kappa shape index (κ3) is 5.46. The highest BCUT2D eigenvalue weighted by molar-refractivity contribution is 5.79. The average molecular weight is 459 g/mol.